The van der Waals surface area contributed by atoms with Crippen molar-refractivity contribution < 1.29 is 23.5 Å². The highest BCUT2D eigenvalue weighted by Crippen LogP contribution is 2.25. The number of carbonyl (C=O) groups is 2. The summed E-state index contributed by atoms with van der Waals surface area (Å²) in [5, 5.41) is 0.794. The van der Waals surface area contributed by atoms with Crippen LogP contribution in [0.5, 0.6) is 5.75 Å². The van der Waals surface area contributed by atoms with E-state index in [1.807, 2.05) is 13.0 Å². The first-order valence-electron chi connectivity index (χ1n) is 9.41. The first-order valence-corrected chi connectivity index (χ1v) is 9.41. The maximum absolute atomic E-state index is 12.8. The second kappa shape index (κ2) is 8.82. The molecule has 3 rings (SSSR count). The van der Waals surface area contributed by atoms with Gasteiger partial charge in [0.25, 0.3) is 0 Å². The maximum atomic E-state index is 12.8. The van der Waals surface area contributed by atoms with Crippen LogP contribution < -0.4 is 15.3 Å². The molecule has 1 amide bonds. The molecule has 0 radical (unpaired) electrons. The maximum Gasteiger partial charge on any atom is 0.339 e. The molecule has 3 aromatic rings. The molecule has 7 nitrogen and oxygen atoms in total. The SMILES string of the molecule is COC(=O)c1ccccc1N(C)C(=O)CCc1c(C)c2ccc(OC)cc2oc1=O. The fourth-order valence-electron chi connectivity index (χ4n) is 3.37. The minimum absolute atomic E-state index is 0.0826. The Kier molecular flexibility index (Phi) is 6.20. The van der Waals surface area contributed by atoms with Gasteiger partial charge in [-0.05, 0) is 43.2 Å². The lowest BCUT2D eigenvalue weighted by molar-refractivity contribution is -0.118. The second-order valence-electron chi connectivity index (χ2n) is 6.82. The summed E-state index contributed by atoms with van der Waals surface area (Å²) >= 11 is 0. The first kappa shape index (κ1) is 21.1. The molecule has 7 heteroatoms. The highest BCUT2D eigenvalue weighted by atomic mass is 16.5. The number of hydrogen-bond donors (Lipinski definition) is 0. The van der Waals surface area contributed by atoms with Crippen molar-refractivity contribution in [1.29, 1.82) is 0 Å². The van der Waals surface area contributed by atoms with Crippen molar-refractivity contribution in [1.82, 2.24) is 0 Å². The number of methoxy groups -OCH3 is 2. The number of benzene rings is 2. The number of rotatable bonds is 6. The van der Waals surface area contributed by atoms with E-state index in [4.69, 9.17) is 13.9 Å². The molecule has 0 N–H and O–H groups in total. The fraction of sp³-hybridized carbons (Fsp3) is 0.261. The molecule has 2 aromatic carbocycles. The molecule has 0 bridgehead atoms. The third-order valence-electron chi connectivity index (χ3n) is 5.13. The first-order chi connectivity index (χ1) is 14.4. The van der Waals surface area contributed by atoms with Crippen LogP contribution >= 0.6 is 0 Å². The summed E-state index contributed by atoms with van der Waals surface area (Å²) in [7, 11) is 4.42. The highest BCUT2D eigenvalue weighted by Gasteiger charge is 2.20. The predicted octanol–water partition coefficient (Wildman–Crippen LogP) is 3.49. The van der Waals surface area contributed by atoms with E-state index >= 15 is 0 Å². The van der Waals surface area contributed by atoms with Gasteiger partial charge in [0.1, 0.15) is 11.3 Å². The van der Waals surface area contributed by atoms with Crippen LogP contribution in [0.1, 0.15) is 27.9 Å². The topological polar surface area (TPSA) is 86.1 Å². The molecule has 30 heavy (non-hydrogen) atoms. The number of para-hydroxylation sites is 1. The molecule has 0 fully saturated rings. The monoisotopic (exact) mass is 409 g/mol. The molecule has 0 atom stereocenters. The number of hydrogen-bond acceptors (Lipinski definition) is 6. The van der Waals surface area contributed by atoms with Gasteiger partial charge in [-0.2, -0.15) is 0 Å². The van der Waals surface area contributed by atoms with E-state index in [9.17, 15) is 14.4 Å². The zero-order valence-electron chi connectivity index (χ0n) is 17.4. The van der Waals surface area contributed by atoms with Crippen LogP contribution in [-0.2, 0) is 16.0 Å². The Morgan fingerprint density at radius 1 is 1.10 bits per heavy atom. The van der Waals surface area contributed by atoms with Gasteiger partial charge in [0.15, 0.2) is 0 Å². The van der Waals surface area contributed by atoms with Gasteiger partial charge in [0.2, 0.25) is 5.91 Å². The lowest BCUT2D eigenvalue weighted by atomic mass is 10.0. The number of esters is 1. The van der Waals surface area contributed by atoms with Gasteiger partial charge in [-0.25, -0.2) is 9.59 Å². The standard InChI is InChI=1S/C23H23NO6/c1-14-16-10-9-15(28-3)13-20(16)30-23(27)17(14)11-12-21(25)24(2)19-8-6-5-7-18(19)22(26)29-4/h5-10,13H,11-12H2,1-4H3. The normalized spacial score (nSPS) is 10.7. The molecular weight excluding hydrogens is 386 g/mol. The van der Waals surface area contributed by atoms with Gasteiger partial charge in [-0.1, -0.05) is 12.1 Å². The van der Waals surface area contributed by atoms with Crippen molar-refractivity contribution in [3.05, 3.63) is 69.6 Å². The summed E-state index contributed by atoms with van der Waals surface area (Å²) in [6.45, 7) is 1.84. The smallest absolute Gasteiger partial charge is 0.339 e. The van der Waals surface area contributed by atoms with Crippen molar-refractivity contribution in [3.8, 4) is 5.75 Å². The molecule has 0 saturated carbocycles. The summed E-state index contributed by atoms with van der Waals surface area (Å²) in [4.78, 5) is 38.6. The van der Waals surface area contributed by atoms with Crippen LogP contribution in [0.25, 0.3) is 11.0 Å². The Morgan fingerprint density at radius 3 is 2.53 bits per heavy atom. The Morgan fingerprint density at radius 2 is 1.83 bits per heavy atom. The van der Waals surface area contributed by atoms with E-state index < -0.39 is 11.6 Å². The number of carbonyl (C=O) groups excluding carboxylic acids is 2. The number of fused-ring (bicyclic) bond motifs is 1. The Balaban J connectivity index is 1.84. The summed E-state index contributed by atoms with van der Waals surface area (Å²) in [5.74, 6) is -0.162. The Labute approximate surface area is 173 Å². The minimum atomic E-state index is -0.522. The van der Waals surface area contributed by atoms with E-state index in [-0.39, 0.29) is 18.7 Å². The van der Waals surface area contributed by atoms with Crippen LogP contribution in [0.3, 0.4) is 0 Å². The molecule has 1 aromatic heterocycles. The van der Waals surface area contributed by atoms with E-state index in [1.54, 1.807) is 50.6 Å². The molecule has 0 aliphatic carbocycles. The van der Waals surface area contributed by atoms with E-state index in [0.29, 0.717) is 28.1 Å². The summed E-state index contributed by atoms with van der Waals surface area (Å²) in [6.07, 6.45) is 0.305. The molecule has 0 spiro atoms. The van der Waals surface area contributed by atoms with E-state index in [1.165, 1.54) is 12.0 Å². The second-order valence-corrected chi connectivity index (χ2v) is 6.82. The zero-order valence-corrected chi connectivity index (χ0v) is 17.4. The minimum Gasteiger partial charge on any atom is -0.497 e. The quantitative estimate of drug-likeness (QED) is 0.458. The van der Waals surface area contributed by atoms with Gasteiger partial charge in [0.05, 0.1) is 25.5 Å². The third-order valence-corrected chi connectivity index (χ3v) is 5.13. The van der Waals surface area contributed by atoms with Gasteiger partial charge >= 0.3 is 11.6 Å². The fourth-order valence-corrected chi connectivity index (χ4v) is 3.37. The average Bonchev–Trinajstić information content (AvgIpc) is 2.77. The molecule has 0 unspecified atom stereocenters. The van der Waals surface area contributed by atoms with Gasteiger partial charge in [-0.15, -0.1) is 0 Å². The van der Waals surface area contributed by atoms with Crippen LogP contribution in [-0.4, -0.2) is 33.1 Å². The van der Waals surface area contributed by atoms with Crippen LogP contribution in [0.15, 0.2) is 51.7 Å². The number of amides is 1. The van der Waals surface area contributed by atoms with Crippen molar-refractivity contribution >= 4 is 28.5 Å². The molecule has 0 aliphatic rings. The van der Waals surface area contributed by atoms with Crippen LogP contribution in [0, 0.1) is 6.92 Å². The highest BCUT2D eigenvalue weighted by molar-refractivity contribution is 6.02. The number of ether oxygens (including phenoxy) is 2. The lowest BCUT2D eigenvalue weighted by Crippen LogP contribution is -2.29. The van der Waals surface area contributed by atoms with Crippen LogP contribution in [0.4, 0.5) is 5.69 Å². The molecular formula is C23H23NO6. The molecule has 1 heterocycles. The number of nitrogens with zero attached hydrogens (tertiary/aromatic N) is 1. The number of anilines is 1. The van der Waals surface area contributed by atoms with E-state index in [0.717, 1.165) is 10.9 Å². The van der Waals surface area contributed by atoms with Gasteiger partial charge in [-0.3, -0.25) is 4.79 Å². The van der Waals surface area contributed by atoms with Gasteiger partial charge in [0, 0.05) is 30.5 Å². The van der Waals surface area contributed by atoms with Crippen molar-refractivity contribution in [3.63, 3.8) is 0 Å². The van der Waals surface area contributed by atoms with Crippen molar-refractivity contribution in [2.45, 2.75) is 19.8 Å². The summed E-state index contributed by atoms with van der Waals surface area (Å²) in [6, 6.07) is 12.0. The van der Waals surface area contributed by atoms with Crippen molar-refractivity contribution in [2.24, 2.45) is 0 Å². The molecule has 0 aliphatic heterocycles. The summed E-state index contributed by atoms with van der Waals surface area (Å²) in [5.41, 5.74) is 1.94. The Bertz CT molecular complexity index is 1160. The predicted molar refractivity (Wildman–Crippen MR) is 113 cm³/mol. The average molecular weight is 409 g/mol. The zero-order chi connectivity index (χ0) is 21.8. The van der Waals surface area contributed by atoms with E-state index in [2.05, 4.69) is 0 Å². The van der Waals surface area contributed by atoms with Crippen LogP contribution in [0.2, 0.25) is 0 Å². The summed E-state index contributed by atoms with van der Waals surface area (Å²) < 4.78 is 15.4. The largest absolute Gasteiger partial charge is 0.497 e. The number of aryl methyl sites for hydroxylation is 1. The van der Waals surface area contributed by atoms with Gasteiger partial charge < -0.3 is 18.8 Å². The molecule has 0 saturated heterocycles. The van der Waals surface area contributed by atoms with Crippen molar-refractivity contribution in [2.75, 3.05) is 26.2 Å². The lowest BCUT2D eigenvalue weighted by Gasteiger charge is -2.20. The Hall–Kier alpha value is -3.61. The third kappa shape index (κ3) is 4.05. The molecule has 156 valence electrons.